The van der Waals surface area contributed by atoms with Gasteiger partial charge in [-0.1, -0.05) is 24.3 Å². The number of nitrogens with one attached hydrogen (secondary N) is 2. The molecule has 6 aromatic heterocycles. The van der Waals surface area contributed by atoms with Crippen molar-refractivity contribution in [2.75, 3.05) is 23.7 Å². The molecule has 0 unspecified atom stereocenters. The van der Waals surface area contributed by atoms with Gasteiger partial charge in [-0.25, -0.2) is 9.97 Å². The number of aryl methyl sites for hydroxylation is 2. The second kappa shape index (κ2) is 16.5. The first-order valence-electron chi connectivity index (χ1n) is 19.0. The maximum Gasteiger partial charge on any atom is 0.226 e. The first kappa shape index (κ1) is 39.8. The molecule has 8 heterocycles. The SMILES string of the molecule is CCn1nnc([C@H]2O[C@@H](n3cnc4c(NCCc5ccc(CCNc6nc(Cl)nc7c6ncn7[C@@H]6O[C@H](c7nnn(CC)n7)[C@@H](O)[C@H]6O)cc5)nc(Cl)nc43)[C@H](O)[C@@H]2O)n1. The van der Waals surface area contributed by atoms with Crippen molar-refractivity contribution in [1.29, 1.82) is 0 Å². The third-order valence-corrected chi connectivity index (χ3v) is 10.6. The Morgan fingerprint density at radius 3 is 1.42 bits per heavy atom. The fourth-order valence-corrected chi connectivity index (χ4v) is 7.46. The average Bonchev–Trinajstić information content (AvgIpc) is 4.12. The summed E-state index contributed by atoms with van der Waals surface area (Å²) in [5, 5.41) is 74.0. The predicted molar refractivity (Wildman–Crippen MR) is 208 cm³/mol. The summed E-state index contributed by atoms with van der Waals surface area (Å²) in [7, 11) is 0. The number of halogens is 2. The highest BCUT2D eigenvalue weighted by Gasteiger charge is 2.48. The van der Waals surface area contributed by atoms with Gasteiger partial charge in [-0.15, -0.1) is 20.4 Å². The van der Waals surface area contributed by atoms with Crippen LogP contribution >= 0.6 is 23.2 Å². The molecule has 6 N–H and O–H groups in total. The fraction of sp³-hybridized carbons (Fsp3) is 0.471. The van der Waals surface area contributed by atoms with Crippen LogP contribution in [0.5, 0.6) is 0 Å². The van der Waals surface area contributed by atoms with E-state index < -0.39 is 49.1 Å². The van der Waals surface area contributed by atoms with E-state index in [4.69, 9.17) is 32.7 Å². The second-order valence-electron chi connectivity index (χ2n) is 14.0. The van der Waals surface area contributed by atoms with E-state index in [2.05, 4.69) is 71.4 Å². The van der Waals surface area contributed by atoms with Crippen molar-refractivity contribution in [1.82, 2.24) is 79.5 Å². The molecule has 0 amide bonds. The van der Waals surface area contributed by atoms with Crippen molar-refractivity contribution < 1.29 is 29.9 Å². The van der Waals surface area contributed by atoms with Crippen LogP contribution in [-0.4, -0.2) is 137 Å². The molecule has 0 aliphatic carbocycles. The van der Waals surface area contributed by atoms with E-state index in [1.807, 2.05) is 38.1 Å². The number of hydrogen-bond donors (Lipinski definition) is 6. The Labute approximate surface area is 348 Å². The summed E-state index contributed by atoms with van der Waals surface area (Å²) in [5.41, 5.74) is 3.56. The lowest BCUT2D eigenvalue weighted by molar-refractivity contribution is -0.0384. The van der Waals surface area contributed by atoms with Gasteiger partial charge in [-0.2, -0.15) is 29.5 Å². The van der Waals surface area contributed by atoms with Crippen LogP contribution in [0.25, 0.3) is 22.3 Å². The number of aliphatic hydroxyl groups is 4. The largest absolute Gasteiger partial charge is 0.387 e. The normalized spacial score (nSPS) is 24.3. The summed E-state index contributed by atoms with van der Waals surface area (Å²) in [4.78, 5) is 29.0. The third kappa shape index (κ3) is 7.44. The highest BCUT2D eigenvalue weighted by atomic mass is 35.5. The fourth-order valence-electron chi connectivity index (χ4n) is 7.13. The molecular weight excluding hydrogens is 827 g/mol. The van der Waals surface area contributed by atoms with Crippen LogP contribution in [0.15, 0.2) is 36.9 Å². The lowest BCUT2D eigenvalue weighted by Gasteiger charge is -2.16. The van der Waals surface area contributed by atoms with Gasteiger partial charge in [-0.3, -0.25) is 9.13 Å². The first-order chi connectivity index (χ1) is 29.1. The lowest BCUT2D eigenvalue weighted by atomic mass is 10.1. The van der Waals surface area contributed by atoms with Crippen LogP contribution in [0.1, 0.15) is 61.3 Å². The van der Waals surface area contributed by atoms with Gasteiger partial charge in [0.1, 0.15) is 24.4 Å². The average molecular weight is 866 g/mol. The molecule has 9 rings (SSSR count). The summed E-state index contributed by atoms with van der Waals surface area (Å²) in [6.45, 7) is 5.65. The van der Waals surface area contributed by atoms with Gasteiger partial charge in [-0.05, 0) is 71.4 Å². The van der Waals surface area contributed by atoms with Gasteiger partial charge in [0, 0.05) is 13.1 Å². The molecule has 2 saturated heterocycles. The van der Waals surface area contributed by atoms with Crippen molar-refractivity contribution in [2.24, 2.45) is 0 Å². The highest BCUT2D eigenvalue weighted by molar-refractivity contribution is 6.29. The summed E-state index contributed by atoms with van der Waals surface area (Å²) < 4.78 is 15.0. The number of hydrogen-bond acceptors (Lipinski definition) is 20. The Morgan fingerprint density at radius 1 is 0.617 bits per heavy atom. The van der Waals surface area contributed by atoms with Crippen molar-refractivity contribution in [3.8, 4) is 0 Å². The van der Waals surface area contributed by atoms with E-state index >= 15 is 0 Å². The van der Waals surface area contributed by atoms with Gasteiger partial charge in [0.15, 0.2) is 58.6 Å². The monoisotopic (exact) mass is 864 g/mol. The van der Waals surface area contributed by atoms with Crippen molar-refractivity contribution >= 4 is 57.2 Å². The lowest BCUT2D eigenvalue weighted by Crippen LogP contribution is -2.29. The topological polar surface area (TPSA) is 298 Å². The van der Waals surface area contributed by atoms with Gasteiger partial charge in [0.2, 0.25) is 22.2 Å². The zero-order valence-electron chi connectivity index (χ0n) is 31.8. The Kier molecular flexibility index (Phi) is 10.9. The molecule has 0 spiro atoms. The minimum atomic E-state index is -1.34. The number of benzene rings is 1. The predicted octanol–water partition coefficient (Wildman–Crippen LogP) is 0.579. The molecule has 60 heavy (non-hydrogen) atoms. The molecule has 0 bridgehead atoms. The molecule has 7 aromatic rings. The Morgan fingerprint density at radius 2 is 1.03 bits per heavy atom. The number of aliphatic hydroxyl groups excluding tert-OH is 4. The molecule has 0 saturated carbocycles. The summed E-state index contributed by atoms with van der Waals surface area (Å²) >= 11 is 12.7. The van der Waals surface area contributed by atoms with E-state index in [1.165, 1.54) is 31.4 Å². The zero-order chi connectivity index (χ0) is 41.7. The zero-order valence-corrected chi connectivity index (χ0v) is 33.4. The van der Waals surface area contributed by atoms with Crippen molar-refractivity contribution in [3.05, 3.63) is 70.3 Å². The number of imidazole rings is 2. The third-order valence-electron chi connectivity index (χ3n) is 10.3. The van der Waals surface area contributed by atoms with E-state index in [9.17, 15) is 20.4 Å². The van der Waals surface area contributed by atoms with Crippen LogP contribution in [0.4, 0.5) is 11.6 Å². The van der Waals surface area contributed by atoms with E-state index in [1.54, 1.807) is 0 Å². The molecule has 314 valence electrons. The molecule has 0 radical (unpaired) electrons. The van der Waals surface area contributed by atoms with Crippen LogP contribution in [-0.2, 0) is 35.4 Å². The number of anilines is 2. The van der Waals surface area contributed by atoms with E-state index in [0.29, 0.717) is 73.0 Å². The molecule has 1 aromatic carbocycles. The quantitative estimate of drug-likeness (QED) is 0.0815. The molecule has 2 fully saturated rings. The van der Waals surface area contributed by atoms with Crippen LogP contribution in [0.3, 0.4) is 0 Å². The highest BCUT2D eigenvalue weighted by Crippen LogP contribution is 2.40. The number of ether oxygens (including phenoxy) is 2. The minimum absolute atomic E-state index is 0.0394. The summed E-state index contributed by atoms with van der Waals surface area (Å²) in [6, 6.07) is 8.16. The van der Waals surface area contributed by atoms with Crippen molar-refractivity contribution in [3.63, 3.8) is 0 Å². The molecule has 2 aliphatic rings. The van der Waals surface area contributed by atoms with Gasteiger partial charge in [0.25, 0.3) is 0 Å². The number of aromatic nitrogens is 16. The molecular formula is C34H38Cl2N18O6. The molecule has 26 heteroatoms. The summed E-state index contributed by atoms with van der Waals surface area (Å²) in [6.07, 6.45) is -5.25. The summed E-state index contributed by atoms with van der Waals surface area (Å²) in [5.74, 6) is 1.10. The van der Waals surface area contributed by atoms with Gasteiger partial charge >= 0.3 is 0 Å². The minimum Gasteiger partial charge on any atom is -0.387 e. The van der Waals surface area contributed by atoms with Crippen LogP contribution < -0.4 is 10.6 Å². The smallest absolute Gasteiger partial charge is 0.226 e. The Hall–Kier alpha value is -5.60. The van der Waals surface area contributed by atoms with Crippen LogP contribution in [0, 0.1) is 0 Å². The Bertz CT molecular complexity index is 2440. The molecule has 24 nitrogen and oxygen atoms in total. The second-order valence-corrected chi connectivity index (χ2v) is 14.7. The number of rotatable bonds is 14. The first-order valence-corrected chi connectivity index (χ1v) is 19.8. The number of nitrogens with zero attached hydrogens (tertiary/aromatic N) is 16. The number of fused-ring (bicyclic) bond motifs is 2. The maximum atomic E-state index is 10.9. The van der Waals surface area contributed by atoms with E-state index in [0.717, 1.165) is 11.1 Å². The van der Waals surface area contributed by atoms with Gasteiger partial charge in [0.05, 0.1) is 25.7 Å². The van der Waals surface area contributed by atoms with Crippen molar-refractivity contribution in [2.45, 2.75) is 88.9 Å². The standard InChI is InChI=1S/C34H38Cl2N18O6/c1-3-53-47-27(45-49-53)23-19(55)21(57)31(59-23)51-13-39-17-25(41-33(35)43-29(17)51)37-11-9-15-5-7-16(8-6-15)10-12-38-26-18-30(44-34(36)42-26)52(14-40-18)32-22(58)20(56)24(60-32)28-46-50-54(4-2)48-28/h5-8,13-14,19-24,31-32,55-58H,3-4,9-12H2,1-2H3,(H,37,41,43)(H,38,42,44)/t19-,20-,21+,22+,23-,24-,31+,32+/m0/s1. The molecule has 2 aliphatic heterocycles. The molecule has 8 atom stereocenters. The van der Waals surface area contributed by atoms with Crippen LogP contribution in [0.2, 0.25) is 10.6 Å². The maximum absolute atomic E-state index is 10.9. The number of tetrazole rings is 2. The Balaban J connectivity index is 0.806. The van der Waals surface area contributed by atoms with E-state index in [-0.39, 0.29) is 22.2 Å². The van der Waals surface area contributed by atoms with Gasteiger partial charge < -0.3 is 40.5 Å².